The van der Waals surface area contributed by atoms with Crippen LogP contribution in [-0.2, 0) is 9.59 Å². The van der Waals surface area contributed by atoms with E-state index in [2.05, 4.69) is 39.7 Å². The molecule has 0 aliphatic heterocycles. The molecule has 172 valence electrons. The van der Waals surface area contributed by atoms with E-state index in [9.17, 15) is 14.4 Å². The number of anilines is 2. The molecule has 3 aliphatic rings. The van der Waals surface area contributed by atoms with Crippen molar-refractivity contribution in [2.45, 2.75) is 39.0 Å². The summed E-state index contributed by atoms with van der Waals surface area (Å²) in [5, 5.41) is 8.79. The number of aromatic nitrogens is 1. The Morgan fingerprint density at radius 3 is 2.76 bits per heavy atom. The van der Waals surface area contributed by atoms with Crippen LogP contribution in [0.25, 0.3) is 0 Å². The molecular weight excluding hydrogens is 416 g/mol. The Kier molecular flexibility index (Phi) is 6.58. The summed E-state index contributed by atoms with van der Waals surface area (Å²) in [6.45, 7) is 5.89. The molecule has 1 saturated carbocycles. The van der Waals surface area contributed by atoms with Gasteiger partial charge in [-0.2, -0.15) is 0 Å². The van der Waals surface area contributed by atoms with Gasteiger partial charge in [-0.1, -0.05) is 31.2 Å². The summed E-state index contributed by atoms with van der Waals surface area (Å²) >= 11 is 0. The van der Waals surface area contributed by atoms with Crippen molar-refractivity contribution in [3.63, 3.8) is 0 Å². The molecule has 1 fully saturated rings. The Bertz CT molecular complexity index is 1090. The SMILES string of the molecule is C=CCC1C=C(Nc2cc(NC(=O)C3CC3)ncc2C(=O)NC)C2=C1C=CCC(CC)C2=O. The molecule has 0 saturated heterocycles. The molecule has 0 spiro atoms. The van der Waals surface area contributed by atoms with E-state index in [0.717, 1.165) is 24.8 Å². The lowest BCUT2D eigenvalue weighted by Gasteiger charge is -2.18. The Morgan fingerprint density at radius 2 is 2.09 bits per heavy atom. The zero-order valence-electron chi connectivity index (χ0n) is 19.1. The van der Waals surface area contributed by atoms with Crippen LogP contribution >= 0.6 is 0 Å². The van der Waals surface area contributed by atoms with Gasteiger partial charge in [0.2, 0.25) is 5.91 Å². The summed E-state index contributed by atoms with van der Waals surface area (Å²) in [4.78, 5) is 42.4. The molecule has 0 radical (unpaired) electrons. The topological polar surface area (TPSA) is 100 Å². The van der Waals surface area contributed by atoms with Crippen molar-refractivity contribution in [3.8, 4) is 0 Å². The first-order valence-corrected chi connectivity index (χ1v) is 11.5. The Balaban J connectivity index is 1.71. The summed E-state index contributed by atoms with van der Waals surface area (Å²) in [6, 6.07) is 1.65. The van der Waals surface area contributed by atoms with Crippen LogP contribution in [0.4, 0.5) is 11.5 Å². The first-order valence-electron chi connectivity index (χ1n) is 11.5. The molecule has 3 aliphatic carbocycles. The van der Waals surface area contributed by atoms with Crippen LogP contribution in [0.2, 0.25) is 0 Å². The average molecular weight is 447 g/mol. The fraction of sp³-hybridized carbons (Fsp3) is 0.385. The van der Waals surface area contributed by atoms with E-state index in [1.54, 1.807) is 13.1 Å². The highest BCUT2D eigenvalue weighted by Gasteiger charge is 2.34. The molecule has 3 N–H and O–H groups in total. The molecule has 1 heterocycles. The molecule has 0 bridgehead atoms. The van der Waals surface area contributed by atoms with E-state index in [4.69, 9.17) is 0 Å². The number of carbonyl (C=O) groups excluding carboxylic acids is 3. The van der Waals surface area contributed by atoms with Gasteiger partial charge in [0.15, 0.2) is 5.78 Å². The second-order valence-electron chi connectivity index (χ2n) is 8.73. The quantitative estimate of drug-likeness (QED) is 0.521. The van der Waals surface area contributed by atoms with E-state index in [-0.39, 0.29) is 35.4 Å². The van der Waals surface area contributed by atoms with Crippen molar-refractivity contribution in [2.24, 2.45) is 17.8 Å². The molecule has 2 unspecified atom stereocenters. The largest absolute Gasteiger partial charge is 0.355 e. The number of nitrogens with zero attached hydrogens (tertiary/aromatic N) is 1. The summed E-state index contributed by atoms with van der Waals surface area (Å²) in [5.41, 5.74) is 3.16. The Hall–Kier alpha value is -3.48. The van der Waals surface area contributed by atoms with Gasteiger partial charge in [-0.15, -0.1) is 6.58 Å². The van der Waals surface area contributed by atoms with Gasteiger partial charge in [0, 0.05) is 48.3 Å². The van der Waals surface area contributed by atoms with Crippen LogP contribution in [0, 0.1) is 17.8 Å². The van der Waals surface area contributed by atoms with Crippen molar-refractivity contribution in [2.75, 3.05) is 17.7 Å². The molecule has 0 aromatic carbocycles. The third kappa shape index (κ3) is 4.67. The van der Waals surface area contributed by atoms with Crippen LogP contribution in [0.1, 0.15) is 49.4 Å². The number of hydrogen-bond acceptors (Lipinski definition) is 5. The number of allylic oxidation sites excluding steroid dienone is 6. The second-order valence-corrected chi connectivity index (χ2v) is 8.73. The van der Waals surface area contributed by atoms with E-state index >= 15 is 0 Å². The summed E-state index contributed by atoms with van der Waals surface area (Å²) in [5.74, 6) is 0.108. The molecule has 1 aromatic rings. The maximum atomic E-state index is 13.4. The standard InChI is InChI=1S/C26H30N4O3/c1-4-7-17-12-21(23-18(17)9-6-8-15(5-2)24(23)31)29-20-13-22(30-25(32)16-10-11-16)28-14-19(20)26(33)27-3/h4,6,9,12-17H,1,5,7-8,10-11H2,2-3H3,(H,27,33)(H2,28,29,30,32). The smallest absolute Gasteiger partial charge is 0.254 e. The lowest BCUT2D eigenvalue weighted by molar-refractivity contribution is -0.119. The minimum absolute atomic E-state index is 0.0353. The zero-order valence-corrected chi connectivity index (χ0v) is 19.1. The minimum atomic E-state index is -0.306. The lowest BCUT2D eigenvalue weighted by Crippen LogP contribution is -2.22. The zero-order chi connectivity index (χ0) is 23.5. The van der Waals surface area contributed by atoms with Crippen molar-refractivity contribution < 1.29 is 14.4 Å². The van der Waals surface area contributed by atoms with Gasteiger partial charge >= 0.3 is 0 Å². The number of hydrogen-bond donors (Lipinski definition) is 3. The highest BCUT2D eigenvalue weighted by Crippen LogP contribution is 2.40. The third-order valence-electron chi connectivity index (χ3n) is 6.42. The highest BCUT2D eigenvalue weighted by atomic mass is 16.2. The van der Waals surface area contributed by atoms with Gasteiger partial charge in [0.25, 0.3) is 5.91 Å². The number of ketones is 1. The lowest BCUT2D eigenvalue weighted by atomic mass is 9.91. The number of carbonyl (C=O) groups is 3. The van der Waals surface area contributed by atoms with Crippen molar-refractivity contribution >= 4 is 29.1 Å². The number of pyridine rings is 1. The number of nitrogens with one attached hydrogen (secondary N) is 3. The predicted molar refractivity (Wildman–Crippen MR) is 129 cm³/mol. The molecule has 2 atom stereocenters. The second kappa shape index (κ2) is 9.57. The maximum Gasteiger partial charge on any atom is 0.254 e. The van der Waals surface area contributed by atoms with Crippen LogP contribution in [-0.4, -0.2) is 29.6 Å². The fourth-order valence-electron chi connectivity index (χ4n) is 4.36. The van der Waals surface area contributed by atoms with E-state index in [1.165, 1.54) is 6.20 Å². The molecule has 4 rings (SSSR count). The molecule has 7 nitrogen and oxygen atoms in total. The summed E-state index contributed by atoms with van der Waals surface area (Å²) < 4.78 is 0. The van der Waals surface area contributed by atoms with Crippen LogP contribution in [0.5, 0.6) is 0 Å². The van der Waals surface area contributed by atoms with Gasteiger partial charge in [-0.05, 0) is 37.7 Å². The molecule has 2 amide bonds. The van der Waals surface area contributed by atoms with Crippen molar-refractivity contribution in [3.05, 3.63) is 65.6 Å². The van der Waals surface area contributed by atoms with Crippen LogP contribution in [0.3, 0.4) is 0 Å². The summed E-state index contributed by atoms with van der Waals surface area (Å²) in [6.07, 6.45) is 13.4. The minimum Gasteiger partial charge on any atom is -0.355 e. The van der Waals surface area contributed by atoms with Gasteiger partial charge in [-0.3, -0.25) is 14.4 Å². The first-order chi connectivity index (χ1) is 16.0. The average Bonchev–Trinajstić information content (AvgIpc) is 3.62. The monoisotopic (exact) mass is 446 g/mol. The van der Waals surface area contributed by atoms with Gasteiger partial charge < -0.3 is 16.0 Å². The van der Waals surface area contributed by atoms with Crippen molar-refractivity contribution in [1.29, 1.82) is 0 Å². The highest BCUT2D eigenvalue weighted by molar-refractivity contribution is 6.06. The van der Waals surface area contributed by atoms with Gasteiger partial charge in [0.05, 0.1) is 11.3 Å². The maximum absolute atomic E-state index is 13.4. The fourth-order valence-corrected chi connectivity index (χ4v) is 4.36. The van der Waals surface area contributed by atoms with Gasteiger partial charge in [0.1, 0.15) is 5.82 Å². The summed E-state index contributed by atoms with van der Waals surface area (Å²) in [7, 11) is 1.55. The molecule has 1 aromatic heterocycles. The molecular formula is C26H30N4O3. The van der Waals surface area contributed by atoms with E-state index < -0.39 is 0 Å². The van der Waals surface area contributed by atoms with E-state index in [0.29, 0.717) is 41.2 Å². The normalized spacial score (nSPS) is 21.8. The van der Waals surface area contributed by atoms with Crippen LogP contribution < -0.4 is 16.0 Å². The number of rotatable bonds is 8. The van der Waals surface area contributed by atoms with Gasteiger partial charge in [-0.25, -0.2) is 4.98 Å². The number of amides is 2. The molecule has 7 heteroatoms. The number of Topliss-reactive ketones (excluding diaryl/α,β-unsaturated/α-hetero) is 1. The molecule has 33 heavy (non-hydrogen) atoms. The first kappa shape index (κ1) is 22.7. The Morgan fingerprint density at radius 1 is 1.30 bits per heavy atom. The Labute approximate surface area is 194 Å². The predicted octanol–water partition coefficient (Wildman–Crippen LogP) is 4.14. The van der Waals surface area contributed by atoms with E-state index in [1.807, 2.05) is 19.1 Å². The van der Waals surface area contributed by atoms with Crippen LogP contribution in [0.15, 0.2) is 60.0 Å². The third-order valence-corrected chi connectivity index (χ3v) is 6.42. The van der Waals surface area contributed by atoms with Crippen molar-refractivity contribution in [1.82, 2.24) is 10.3 Å².